The van der Waals surface area contributed by atoms with Gasteiger partial charge in [-0.2, -0.15) is 0 Å². The van der Waals surface area contributed by atoms with Gasteiger partial charge in [-0.1, -0.05) is 23.2 Å². The minimum Gasteiger partial charge on any atom is -0.396 e. The van der Waals surface area contributed by atoms with Gasteiger partial charge in [0.15, 0.2) is 0 Å². The highest BCUT2D eigenvalue weighted by Gasteiger charge is 2.34. The van der Waals surface area contributed by atoms with Crippen LogP contribution >= 0.6 is 23.2 Å². The predicted molar refractivity (Wildman–Crippen MR) is 74.6 cm³/mol. The summed E-state index contributed by atoms with van der Waals surface area (Å²) in [4.78, 5) is 4.30. The Balaban J connectivity index is 2.04. The topological polar surface area (TPSA) is 58.3 Å². The van der Waals surface area contributed by atoms with Crippen LogP contribution in [0.2, 0.25) is 10.0 Å². The van der Waals surface area contributed by atoms with Gasteiger partial charge in [0.05, 0.1) is 39.6 Å². The number of imidazole rings is 1. The maximum absolute atomic E-state index is 10.1. The van der Waals surface area contributed by atoms with Crippen LogP contribution < -0.4 is 0 Å². The van der Waals surface area contributed by atoms with E-state index in [0.717, 1.165) is 17.5 Å². The second-order valence-electron chi connectivity index (χ2n) is 5.06. The standard InChI is InChI=1S/C13H14Cl2N2O2/c14-8-3-10-11(4-9(8)15)17(6-16-10)12-1-7(5-18)2-13(12)19/h3-4,6-7,12-13,18-19H,1-2,5H2/t7-,12?,13?/m0/s1. The molecule has 102 valence electrons. The first kappa shape index (κ1) is 13.2. The quantitative estimate of drug-likeness (QED) is 0.896. The zero-order chi connectivity index (χ0) is 13.6. The fraction of sp³-hybridized carbons (Fsp3) is 0.462. The monoisotopic (exact) mass is 300 g/mol. The third kappa shape index (κ3) is 2.23. The van der Waals surface area contributed by atoms with Crippen LogP contribution in [0, 0.1) is 5.92 Å². The molecule has 2 unspecified atom stereocenters. The first-order chi connectivity index (χ1) is 9.10. The summed E-state index contributed by atoms with van der Waals surface area (Å²) < 4.78 is 1.93. The lowest BCUT2D eigenvalue weighted by atomic mass is 10.1. The number of fused-ring (bicyclic) bond motifs is 1. The summed E-state index contributed by atoms with van der Waals surface area (Å²) in [7, 11) is 0. The first-order valence-electron chi connectivity index (χ1n) is 6.20. The molecule has 0 aliphatic heterocycles. The number of benzene rings is 1. The van der Waals surface area contributed by atoms with E-state index in [-0.39, 0.29) is 18.6 Å². The van der Waals surface area contributed by atoms with E-state index in [4.69, 9.17) is 23.2 Å². The highest BCUT2D eigenvalue weighted by Crippen LogP contribution is 2.37. The zero-order valence-electron chi connectivity index (χ0n) is 10.1. The van der Waals surface area contributed by atoms with Gasteiger partial charge in [0.1, 0.15) is 0 Å². The molecule has 4 nitrogen and oxygen atoms in total. The Bertz CT molecular complexity index is 614. The van der Waals surface area contributed by atoms with E-state index in [9.17, 15) is 10.2 Å². The van der Waals surface area contributed by atoms with Crippen LogP contribution in [0.15, 0.2) is 18.5 Å². The number of halogens is 2. The first-order valence-corrected chi connectivity index (χ1v) is 6.96. The Morgan fingerprint density at radius 3 is 2.68 bits per heavy atom. The Kier molecular flexibility index (Phi) is 3.43. The second kappa shape index (κ2) is 4.94. The average Bonchev–Trinajstić information content (AvgIpc) is 2.93. The molecular formula is C13H14Cl2N2O2. The van der Waals surface area contributed by atoms with E-state index >= 15 is 0 Å². The lowest BCUT2D eigenvalue weighted by Gasteiger charge is -2.17. The Hall–Kier alpha value is -0.810. The number of aliphatic hydroxyl groups excluding tert-OH is 2. The van der Waals surface area contributed by atoms with Crippen molar-refractivity contribution in [3.8, 4) is 0 Å². The number of hydrogen-bond acceptors (Lipinski definition) is 3. The average molecular weight is 301 g/mol. The summed E-state index contributed by atoms with van der Waals surface area (Å²) in [5.41, 5.74) is 1.62. The van der Waals surface area contributed by atoms with Crippen LogP contribution in [0.4, 0.5) is 0 Å². The van der Waals surface area contributed by atoms with E-state index < -0.39 is 6.10 Å². The van der Waals surface area contributed by atoms with Crippen molar-refractivity contribution < 1.29 is 10.2 Å². The summed E-state index contributed by atoms with van der Waals surface area (Å²) in [6, 6.07) is 3.42. The summed E-state index contributed by atoms with van der Waals surface area (Å²) in [5.74, 6) is 0.139. The van der Waals surface area contributed by atoms with Crippen molar-refractivity contribution in [2.75, 3.05) is 6.61 Å². The van der Waals surface area contributed by atoms with Crippen molar-refractivity contribution in [2.45, 2.75) is 25.0 Å². The molecule has 0 saturated heterocycles. The van der Waals surface area contributed by atoms with Gasteiger partial charge in [-0.25, -0.2) is 4.98 Å². The highest BCUT2D eigenvalue weighted by molar-refractivity contribution is 6.42. The number of aliphatic hydroxyl groups is 2. The van der Waals surface area contributed by atoms with Gasteiger partial charge in [0, 0.05) is 6.61 Å². The lowest BCUT2D eigenvalue weighted by molar-refractivity contribution is 0.132. The van der Waals surface area contributed by atoms with Crippen LogP contribution in [0.1, 0.15) is 18.9 Å². The van der Waals surface area contributed by atoms with Gasteiger partial charge in [0.25, 0.3) is 0 Å². The molecule has 19 heavy (non-hydrogen) atoms. The maximum atomic E-state index is 10.1. The second-order valence-corrected chi connectivity index (χ2v) is 5.88. The van der Waals surface area contributed by atoms with Gasteiger partial charge in [-0.05, 0) is 30.9 Å². The minimum absolute atomic E-state index is 0.0700. The van der Waals surface area contributed by atoms with Gasteiger partial charge < -0.3 is 14.8 Å². The van der Waals surface area contributed by atoms with Crippen molar-refractivity contribution in [1.29, 1.82) is 0 Å². The third-order valence-electron chi connectivity index (χ3n) is 3.83. The molecule has 2 aromatic rings. The van der Waals surface area contributed by atoms with Gasteiger partial charge >= 0.3 is 0 Å². The fourth-order valence-corrected chi connectivity index (χ4v) is 3.14. The number of rotatable bonds is 2. The molecule has 2 N–H and O–H groups in total. The molecule has 1 heterocycles. The molecule has 1 fully saturated rings. The molecule has 3 rings (SSSR count). The minimum atomic E-state index is -0.469. The normalized spacial score (nSPS) is 27.3. The van der Waals surface area contributed by atoms with Gasteiger partial charge in [-0.3, -0.25) is 0 Å². The molecule has 0 bridgehead atoms. The van der Waals surface area contributed by atoms with Crippen LogP contribution in [0.25, 0.3) is 11.0 Å². The summed E-state index contributed by atoms with van der Waals surface area (Å²) in [6.45, 7) is 0.104. The SMILES string of the molecule is OC[C@@H]1CC(O)C(n2cnc3cc(Cl)c(Cl)cc32)C1. The van der Waals surface area contributed by atoms with E-state index in [2.05, 4.69) is 4.98 Å². The Morgan fingerprint density at radius 2 is 2.00 bits per heavy atom. The lowest BCUT2D eigenvalue weighted by Crippen LogP contribution is -2.17. The molecule has 1 aliphatic rings. The van der Waals surface area contributed by atoms with Crippen molar-refractivity contribution in [3.63, 3.8) is 0 Å². The number of hydrogen-bond donors (Lipinski definition) is 2. The molecule has 3 atom stereocenters. The number of nitrogens with zero attached hydrogens (tertiary/aromatic N) is 2. The maximum Gasteiger partial charge on any atom is 0.0961 e. The molecular weight excluding hydrogens is 287 g/mol. The van der Waals surface area contributed by atoms with Crippen LogP contribution in [-0.2, 0) is 0 Å². The van der Waals surface area contributed by atoms with E-state index in [0.29, 0.717) is 16.5 Å². The fourth-order valence-electron chi connectivity index (χ4n) is 2.83. The number of aromatic nitrogens is 2. The summed E-state index contributed by atoms with van der Waals surface area (Å²) >= 11 is 12.0. The van der Waals surface area contributed by atoms with Gasteiger partial charge in [0.2, 0.25) is 0 Å². The molecule has 0 spiro atoms. The molecule has 0 amide bonds. The molecule has 6 heteroatoms. The predicted octanol–water partition coefficient (Wildman–Crippen LogP) is 2.65. The molecule has 1 saturated carbocycles. The van der Waals surface area contributed by atoms with E-state index in [1.54, 1.807) is 18.5 Å². The van der Waals surface area contributed by atoms with Crippen molar-refractivity contribution in [1.82, 2.24) is 9.55 Å². The van der Waals surface area contributed by atoms with Crippen molar-refractivity contribution in [2.24, 2.45) is 5.92 Å². The van der Waals surface area contributed by atoms with Crippen LogP contribution in [0.3, 0.4) is 0 Å². The van der Waals surface area contributed by atoms with E-state index in [1.165, 1.54) is 0 Å². The highest BCUT2D eigenvalue weighted by atomic mass is 35.5. The smallest absolute Gasteiger partial charge is 0.0961 e. The Labute approximate surface area is 120 Å². The van der Waals surface area contributed by atoms with Crippen molar-refractivity contribution in [3.05, 3.63) is 28.5 Å². The third-order valence-corrected chi connectivity index (χ3v) is 4.55. The Morgan fingerprint density at radius 1 is 1.26 bits per heavy atom. The van der Waals surface area contributed by atoms with Crippen LogP contribution in [0.5, 0.6) is 0 Å². The summed E-state index contributed by atoms with van der Waals surface area (Å²) in [6.07, 6.45) is 2.58. The van der Waals surface area contributed by atoms with E-state index in [1.807, 2.05) is 4.57 Å². The molecule has 1 aromatic carbocycles. The van der Waals surface area contributed by atoms with Gasteiger partial charge in [-0.15, -0.1) is 0 Å². The van der Waals surface area contributed by atoms with Crippen LogP contribution in [-0.4, -0.2) is 32.5 Å². The molecule has 1 aliphatic carbocycles. The summed E-state index contributed by atoms with van der Waals surface area (Å²) in [5, 5.41) is 20.3. The zero-order valence-corrected chi connectivity index (χ0v) is 11.6. The van der Waals surface area contributed by atoms with Crippen molar-refractivity contribution >= 4 is 34.2 Å². The largest absolute Gasteiger partial charge is 0.396 e. The molecule has 0 radical (unpaired) electrons. The molecule has 1 aromatic heterocycles.